The van der Waals surface area contributed by atoms with E-state index in [0.29, 0.717) is 12.5 Å². The summed E-state index contributed by atoms with van der Waals surface area (Å²) in [4.78, 5) is 7.79. The molecule has 2 rings (SSSR count). The average molecular weight is 285 g/mol. The number of nitrogens with zero attached hydrogens (tertiary/aromatic N) is 3. The van der Waals surface area contributed by atoms with Gasteiger partial charge in [-0.3, -0.25) is 5.43 Å². The monoisotopic (exact) mass is 285 g/mol. The Bertz CT molecular complexity index is 525. The van der Waals surface area contributed by atoms with E-state index >= 15 is 0 Å². The third-order valence-corrected chi connectivity index (χ3v) is 5.07. The number of hydrogen-bond donors (Lipinski definition) is 2. The second-order valence-electron chi connectivity index (χ2n) is 5.00. The summed E-state index contributed by atoms with van der Waals surface area (Å²) in [5.41, 5.74) is 2.27. The highest BCUT2D eigenvalue weighted by atomic mass is 32.2. The fourth-order valence-corrected chi connectivity index (χ4v) is 3.41. The number of nitrogens with one attached hydrogen (secondary N) is 1. The van der Waals surface area contributed by atoms with Crippen LogP contribution in [-0.2, 0) is 10.0 Å². The maximum absolute atomic E-state index is 12.5. The molecule has 7 nitrogen and oxygen atoms in total. The van der Waals surface area contributed by atoms with Crippen molar-refractivity contribution < 1.29 is 8.42 Å². The van der Waals surface area contributed by atoms with Gasteiger partial charge in [0, 0.05) is 12.6 Å². The molecular formula is C11H19N5O2S. The van der Waals surface area contributed by atoms with Crippen molar-refractivity contribution in [1.29, 1.82) is 0 Å². The second-order valence-corrected chi connectivity index (χ2v) is 6.89. The van der Waals surface area contributed by atoms with Crippen LogP contribution in [0.2, 0.25) is 0 Å². The first kappa shape index (κ1) is 14.2. The van der Waals surface area contributed by atoms with E-state index in [2.05, 4.69) is 15.4 Å². The van der Waals surface area contributed by atoms with Gasteiger partial charge in [0.25, 0.3) is 0 Å². The molecule has 106 valence electrons. The predicted octanol–water partition coefficient (Wildman–Crippen LogP) is 0.571. The van der Waals surface area contributed by atoms with Gasteiger partial charge in [-0.25, -0.2) is 24.2 Å². The third kappa shape index (κ3) is 3.20. The topological polar surface area (TPSA) is 101 Å². The molecule has 19 heavy (non-hydrogen) atoms. The lowest BCUT2D eigenvalue weighted by Crippen LogP contribution is -2.38. The normalized spacial score (nSPS) is 16.1. The molecule has 1 fully saturated rings. The Labute approximate surface area is 113 Å². The number of hydrazine groups is 1. The lowest BCUT2D eigenvalue weighted by atomic mass is 10.3. The van der Waals surface area contributed by atoms with Crippen LogP contribution in [0.4, 0.5) is 5.95 Å². The quantitative estimate of drug-likeness (QED) is 0.585. The van der Waals surface area contributed by atoms with Gasteiger partial charge in [0.15, 0.2) is 0 Å². The van der Waals surface area contributed by atoms with Crippen molar-refractivity contribution >= 4 is 16.0 Å². The fraction of sp³-hybridized carbons (Fsp3) is 0.636. The van der Waals surface area contributed by atoms with Gasteiger partial charge in [0.1, 0.15) is 4.90 Å². The molecule has 3 N–H and O–H groups in total. The Morgan fingerprint density at radius 1 is 1.42 bits per heavy atom. The van der Waals surface area contributed by atoms with Crippen LogP contribution in [0.15, 0.2) is 17.3 Å². The van der Waals surface area contributed by atoms with Gasteiger partial charge in [-0.2, -0.15) is 4.31 Å². The predicted molar refractivity (Wildman–Crippen MR) is 71.6 cm³/mol. The highest BCUT2D eigenvalue weighted by molar-refractivity contribution is 7.89. The van der Waals surface area contributed by atoms with Gasteiger partial charge in [0.2, 0.25) is 16.0 Å². The second kappa shape index (κ2) is 5.40. The molecule has 0 aliphatic heterocycles. The summed E-state index contributed by atoms with van der Waals surface area (Å²) in [5, 5.41) is 0. The Kier molecular flexibility index (Phi) is 4.02. The minimum absolute atomic E-state index is 0.0853. The molecule has 1 aromatic rings. The molecule has 0 atom stereocenters. The Balaban J connectivity index is 2.26. The molecule has 0 saturated heterocycles. The lowest BCUT2D eigenvalue weighted by Gasteiger charge is -2.25. The number of nitrogens with two attached hydrogens (primary N) is 1. The van der Waals surface area contributed by atoms with Crippen molar-refractivity contribution in [3.8, 4) is 0 Å². The van der Waals surface area contributed by atoms with E-state index in [1.165, 1.54) is 16.7 Å². The molecule has 0 spiro atoms. The largest absolute Gasteiger partial charge is 0.292 e. The first-order valence-electron chi connectivity index (χ1n) is 6.25. The summed E-state index contributed by atoms with van der Waals surface area (Å²) >= 11 is 0. The van der Waals surface area contributed by atoms with Crippen molar-refractivity contribution in [3.05, 3.63) is 12.4 Å². The van der Waals surface area contributed by atoms with E-state index in [0.717, 1.165) is 12.8 Å². The van der Waals surface area contributed by atoms with Crippen LogP contribution in [0.3, 0.4) is 0 Å². The van der Waals surface area contributed by atoms with E-state index in [4.69, 9.17) is 5.84 Å². The highest BCUT2D eigenvalue weighted by Crippen LogP contribution is 2.32. The minimum atomic E-state index is -3.54. The van der Waals surface area contributed by atoms with E-state index in [1.807, 2.05) is 13.8 Å². The number of anilines is 1. The maximum Gasteiger partial charge on any atom is 0.246 e. The number of sulfonamides is 1. The summed E-state index contributed by atoms with van der Waals surface area (Å²) in [6.07, 6.45) is 4.76. The summed E-state index contributed by atoms with van der Waals surface area (Å²) < 4.78 is 26.6. The molecule has 1 saturated carbocycles. The van der Waals surface area contributed by atoms with Gasteiger partial charge in [-0.1, -0.05) is 0 Å². The van der Waals surface area contributed by atoms with Gasteiger partial charge in [0.05, 0.1) is 12.4 Å². The van der Waals surface area contributed by atoms with E-state index < -0.39 is 10.0 Å². The van der Waals surface area contributed by atoms with E-state index in [1.54, 1.807) is 0 Å². The van der Waals surface area contributed by atoms with E-state index in [9.17, 15) is 8.42 Å². The number of aromatic nitrogens is 2. The standard InChI is InChI=1S/C11H19N5O2S/c1-8(2)16(7-9-3-4-9)19(17,18)10-5-13-11(15-12)14-6-10/h5-6,8-9H,3-4,7,12H2,1-2H3,(H,13,14,15). The average Bonchev–Trinajstić information content (AvgIpc) is 3.19. The molecule has 8 heteroatoms. The van der Waals surface area contributed by atoms with Crippen molar-refractivity contribution in [2.24, 2.45) is 11.8 Å². The summed E-state index contributed by atoms with van der Waals surface area (Å²) in [5.74, 6) is 5.84. The summed E-state index contributed by atoms with van der Waals surface area (Å²) in [6, 6.07) is -0.0853. The molecular weight excluding hydrogens is 266 g/mol. The minimum Gasteiger partial charge on any atom is -0.292 e. The zero-order chi connectivity index (χ0) is 14.0. The Morgan fingerprint density at radius 3 is 2.42 bits per heavy atom. The van der Waals surface area contributed by atoms with Crippen molar-refractivity contribution in [3.63, 3.8) is 0 Å². The maximum atomic E-state index is 12.5. The van der Waals surface area contributed by atoms with Crippen LogP contribution in [0.1, 0.15) is 26.7 Å². The zero-order valence-electron chi connectivity index (χ0n) is 11.1. The lowest BCUT2D eigenvalue weighted by molar-refractivity contribution is 0.341. The smallest absolute Gasteiger partial charge is 0.246 e. The van der Waals surface area contributed by atoms with Crippen LogP contribution < -0.4 is 11.3 Å². The number of hydrogen-bond acceptors (Lipinski definition) is 6. The van der Waals surface area contributed by atoms with Gasteiger partial charge in [-0.15, -0.1) is 0 Å². The van der Waals surface area contributed by atoms with Crippen LogP contribution in [0.25, 0.3) is 0 Å². The summed E-state index contributed by atoms with van der Waals surface area (Å²) in [7, 11) is -3.54. The van der Waals surface area contributed by atoms with Crippen molar-refractivity contribution in [2.75, 3.05) is 12.0 Å². The van der Waals surface area contributed by atoms with Gasteiger partial charge < -0.3 is 0 Å². The first-order valence-corrected chi connectivity index (χ1v) is 7.69. The Morgan fingerprint density at radius 2 is 2.00 bits per heavy atom. The van der Waals surface area contributed by atoms with Gasteiger partial charge >= 0.3 is 0 Å². The molecule has 0 amide bonds. The first-order chi connectivity index (χ1) is 8.95. The molecule has 0 radical (unpaired) electrons. The zero-order valence-corrected chi connectivity index (χ0v) is 11.9. The van der Waals surface area contributed by atoms with Gasteiger partial charge in [-0.05, 0) is 32.6 Å². The van der Waals surface area contributed by atoms with Crippen LogP contribution in [0.5, 0.6) is 0 Å². The van der Waals surface area contributed by atoms with Crippen molar-refractivity contribution in [1.82, 2.24) is 14.3 Å². The molecule has 1 aliphatic rings. The number of nitrogen functional groups attached to an aromatic ring is 1. The SMILES string of the molecule is CC(C)N(CC1CC1)S(=O)(=O)c1cnc(NN)nc1. The molecule has 1 heterocycles. The van der Waals surface area contributed by atoms with Crippen LogP contribution >= 0.6 is 0 Å². The highest BCUT2D eigenvalue weighted by Gasteiger charge is 2.33. The molecule has 0 aromatic carbocycles. The fourth-order valence-electron chi connectivity index (χ4n) is 1.80. The van der Waals surface area contributed by atoms with Crippen molar-refractivity contribution in [2.45, 2.75) is 37.6 Å². The molecule has 1 aromatic heterocycles. The van der Waals surface area contributed by atoms with E-state index in [-0.39, 0.29) is 16.9 Å². The Hall–Kier alpha value is -1.25. The third-order valence-electron chi connectivity index (χ3n) is 3.07. The molecule has 0 bridgehead atoms. The summed E-state index contributed by atoms with van der Waals surface area (Å²) in [6.45, 7) is 4.31. The molecule has 1 aliphatic carbocycles. The van der Waals surface area contributed by atoms with Crippen LogP contribution in [-0.4, -0.2) is 35.3 Å². The number of rotatable bonds is 6. The van der Waals surface area contributed by atoms with Crippen LogP contribution in [0, 0.1) is 5.92 Å². The molecule has 0 unspecified atom stereocenters.